The Morgan fingerprint density at radius 1 is 1.31 bits per heavy atom. The number of allylic oxidation sites excluding steroid dienone is 5. The number of rotatable bonds is 6. The molecule has 0 radical (unpaired) electrons. The molecule has 0 aromatic rings. The van der Waals surface area contributed by atoms with E-state index >= 15 is 0 Å². The van der Waals surface area contributed by atoms with E-state index in [2.05, 4.69) is 44.7 Å². The quantitative estimate of drug-likeness (QED) is 0.169. The third-order valence-electron chi connectivity index (χ3n) is 4.70. The molecule has 0 atom stereocenters. The van der Waals surface area contributed by atoms with Gasteiger partial charge in [0.15, 0.2) is 5.17 Å². The van der Waals surface area contributed by atoms with Crippen molar-refractivity contribution in [2.24, 2.45) is 16.5 Å². The summed E-state index contributed by atoms with van der Waals surface area (Å²) in [7, 11) is 0. The highest BCUT2D eigenvalue weighted by Gasteiger charge is 2.43. The molecule has 1 saturated heterocycles. The van der Waals surface area contributed by atoms with Gasteiger partial charge in [0.1, 0.15) is 0 Å². The number of piperidine rings is 1. The van der Waals surface area contributed by atoms with Crippen LogP contribution in [0.1, 0.15) is 60.3 Å². The lowest BCUT2D eigenvalue weighted by atomic mass is 9.78. The molecule has 1 aliphatic rings. The fourth-order valence-corrected chi connectivity index (χ4v) is 3.75. The first-order valence-corrected chi connectivity index (χ1v) is 11.0. The van der Waals surface area contributed by atoms with E-state index in [0.717, 1.165) is 31.2 Å². The fourth-order valence-electron chi connectivity index (χ4n) is 3.58. The van der Waals surface area contributed by atoms with Crippen LogP contribution >= 0.6 is 11.8 Å². The van der Waals surface area contributed by atoms with Crippen LogP contribution in [0.4, 0.5) is 0 Å². The molecule has 1 fully saturated rings. The number of aliphatic imine (C=N–C) groups is 1. The van der Waals surface area contributed by atoms with Crippen molar-refractivity contribution in [3.8, 4) is 12.3 Å². The maximum atomic E-state index is 11.0. The van der Waals surface area contributed by atoms with Crippen molar-refractivity contribution in [1.82, 2.24) is 4.90 Å². The fraction of sp³-hybridized carbons (Fsp3) is 0.565. The van der Waals surface area contributed by atoms with E-state index < -0.39 is 0 Å². The minimum atomic E-state index is -0.108. The molecule has 0 unspecified atom stereocenters. The number of amides is 1. The minimum absolute atomic E-state index is 0.108. The number of terminal acetylenes is 1. The Kier molecular flexibility index (Phi) is 12.4. The lowest BCUT2D eigenvalue weighted by molar-refractivity contribution is -0.134. The van der Waals surface area contributed by atoms with Gasteiger partial charge in [0.05, 0.1) is 0 Å². The van der Waals surface area contributed by atoms with E-state index in [1.807, 2.05) is 36.3 Å². The molecule has 0 aliphatic carbocycles. The van der Waals surface area contributed by atoms with Gasteiger partial charge in [0.25, 0.3) is 0 Å². The summed E-state index contributed by atoms with van der Waals surface area (Å²) in [6, 6.07) is 0.209. The lowest BCUT2D eigenvalue weighted by Crippen LogP contribution is -2.62. The van der Waals surface area contributed by atoms with Crippen LogP contribution in [-0.2, 0) is 4.79 Å². The zero-order valence-corrected chi connectivity index (χ0v) is 19.6. The topological polar surface area (TPSA) is 84.7 Å². The van der Waals surface area contributed by atoms with Gasteiger partial charge < -0.3 is 16.4 Å². The molecule has 1 heterocycles. The molecular weight excluding hydrogens is 380 g/mol. The summed E-state index contributed by atoms with van der Waals surface area (Å²) in [5.74, 6) is 2.59. The highest BCUT2D eigenvalue weighted by Crippen LogP contribution is 2.36. The van der Waals surface area contributed by atoms with Crippen LogP contribution in [0.5, 0.6) is 0 Å². The number of thioether (sulfide) groups is 1. The summed E-state index contributed by atoms with van der Waals surface area (Å²) < 4.78 is 0. The average molecular weight is 419 g/mol. The Hall–Kier alpha value is -1.97. The number of likely N-dealkylation sites (tertiary alicyclic amines) is 1. The van der Waals surface area contributed by atoms with Crippen molar-refractivity contribution >= 4 is 23.3 Å². The van der Waals surface area contributed by atoms with E-state index in [4.69, 9.17) is 17.9 Å². The lowest BCUT2D eigenvalue weighted by Gasteiger charge is -2.52. The summed E-state index contributed by atoms with van der Waals surface area (Å²) in [5, 5.41) is 0.554. The van der Waals surface area contributed by atoms with Gasteiger partial charge >= 0.3 is 0 Å². The van der Waals surface area contributed by atoms with Crippen LogP contribution in [0.15, 0.2) is 41.1 Å². The molecule has 0 aromatic carbocycles. The van der Waals surface area contributed by atoms with E-state index in [0.29, 0.717) is 11.6 Å². The highest BCUT2D eigenvalue weighted by molar-refractivity contribution is 8.13. The molecule has 0 bridgehead atoms. The van der Waals surface area contributed by atoms with Crippen LogP contribution in [0, 0.1) is 12.3 Å². The Balaban J connectivity index is 0.000000551. The number of nitrogens with two attached hydrogens (primary N) is 2. The highest BCUT2D eigenvalue weighted by atomic mass is 32.2. The maximum absolute atomic E-state index is 11.0. The van der Waals surface area contributed by atoms with Gasteiger partial charge in [-0.05, 0) is 71.8 Å². The molecule has 29 heavy (non-hydrogen) atoms. The van der Waals surface area contributed by atoms with Crippen molar-refractivity contribution in [2.75, 3.05) is 6.26 Å². The minimum Gasteiger partial charge on any atom is -0.378 e. The Morgan fingerprint density at radius 2 is 1.90 bits per heavy atom. The first kappa shape index (κ1) is 27.0. The molecule has 1 aliphatic heterocycles. The molecule has 1 rings (SSSR count). The summed E-state index contributed by atoms with van der Waals surface area (Å²) in [6.45, 7) is 10.3. The van der Waals surface area contributed by atoms with Crippen LogP contribution in [0.3, 0.4) is 0 Å². The predicted octanol–water partition coefficient (Wildman–Crippen LogP) is 4.22. The van der Waals surface area contributed by atoms with Crippen LogP contribution in [-0.4, -0.2) is 39.9 Å². The van der Waals surface area contributed by atoms with E-state index in [9.17, 15) is 4.79 Å². The smallest absolute Gasteiger partial charge is 0.210 e. The van der Waals surface area contributed by atoms with Crippen LogP contribution in [0.25, 0.3) is 0 Å². The third kappa shape index (κ3) is 10.4. The van der Waals surface area contributed by atoms with Crippen molar-refractivity contribution in [3.05, 3.63) is 36.1 Å². The zero-order chi connectivity index (χ0) is 22.5. The molecule has 0 saturated carbocycles. The summed E-state index contributed by atoms with van der Waals surface area (Å²) in [5.41, 5.74) is 12.4. The Labute approximate surface area is 181 Å². The molecule has 0 spiro atoms. The average Bonchev–Trinajstić information content (AvgIpc) is 2.61. The number of amidine groups is 1. The number of nitrogens with zero attached hydrogens (tertiary/aromatic N) is 2. The number of carbonyl (C=O) groups is 1. The number of hydrogen-bond acceptors (Lipinski definition) is 4. The normalized spacial score (nSPS) is 19.7. The first-order valence-electron chi connectivity index (χ1n) is 9.81. The zero-order valence-electron chi connectivity index (χ0n) is 18.8. The van der Waals surface area contributed by atoms with Gasteiger partial charge in [0, 0.05) is 29.7 Å². The van der Waals surface area contributed by atoms with Gasteiger partial charge in [-0.3, -0.25) is 4.79 Å². The SMILES string of the molecule is C#CC/C=C(/C=C/N=C(N)SC)C/C=C\C.CC1(C)CC(N)CC(C)(C)N1C=O. The van der Waals surface area contributed by atoms with Gasteiger partial charge in [-0.15, -0.1) is 12.3 Å². The molecular formula is C23H38N4OS. The van der Waals surface area contributed by atoms with Gasteiger partial charge in [-0.1, -0.05) is 30.0 Å². The maximum Gasteiger partial charge on any atom is 0.210 e. The standard InChI is InChI=1S/C13H18N2S.C10H20N2O/c1-4-6-8-12(9-7-5-2)10-11-15-13(14)16-3;1-9(2)5-8(11)6-10(3,4)12(9)7-13/h1,5,7-8,10-11H,6,9H2,2-3H3,(H2,14,15);7-8H,5-6,11H2,1-4H3/b7-5-,11-10+,12-8+;. The predicted molar refractivity (Wildman–Crippen MR) is 129 cm³/mol. The second-order valence-corrected chi connectivity index (χ2v) is 9.04. The van der Waals surface area contributed by atoms with Crippen molar-refractivity contribution < 1.29 is 4.79 Å². The van der Waals surface area contributed by atoms with Crippen LogP contribution < -0.4 is 11.5 Å². The van der Waals surface area contributed by atoms with Gasteiger partial charge in [-0.25, -0.2) is 4.99 Å². The molecule has 5 nitrogen and oxygen atoms in total. The molecule has 1 amide bonds. The second-order valence-electron chi connectivity index (χ2n) is 8.22. The number of hydrogen-bond donors (Lipinski definition) is 2. The first-order chi connectivity index (χ1) is 13.5. The van der Waals surface area contributed by atoms with Gasteiger partial charge in [0.2, 0.25) is 6.41 Å². The molecule has 0 aromatic heterocycles. The third-order valence-corrected chi connectivity index (χ3v) is 5.23. The Morgan fingerprint density at radius 3 is 2.34 bits per heavy atom. The molecule has 6 heteroatoms. The van der Waals surface area contributed by atoms with E-state index in [-0.39, 0.29) is 17.1 Å². The number of carbonyl (C=O) groups excluding carboxylic acids is 1. The Bertz CT molecular complexity index is 651. The summed E-state index contributed by atoms with van der Waals surface area (Å²) >= 11 is 1.42. The second kappa shape index (κ2) is 13.3. The van der Waals surface area contributed by atoms with E-state index in [1.54, 1.807) is 6.20 Å². The van der Waals surface area contributed by atoms with Crippen molar-refractivity contribution in [2.45, 2.75) is 77.4 Å². The largest absolute Gasteiger partial charge is 0.378 e. The summed E-state index contributed by atoms with van der Waals surface area (Å²) in [4.78, 5) is 16.9. The summed E-state index contributed by atoms with van der Waals surface area (Å²) in [6.07, 6.45) is 21.1. The van der Waals surface area contributed by atoms with Crippen molar-refractivity contribution in [3.63, 3.8) is 0 Å². The van der Waals surface area contributed by atoms with E-state index in [1.165, 1.54) is 11.8 Å². The van der Waals surface area contributed by atoms with Gasteiger partial charge in [-0.2, -0.15) is 0 Å². The molecule has 162 valence electrons. The molecule has 4 N–H and O–H groups in total. The monoisotopic (exact) mass is 418 g/mol. The van der Waals surface area contributed by atoms with Crippen LogP contribution in [0.2, 0.25) is 0 Å². The van der Waals surface area contributed by atoms with Crippen molar-refractivity contribution in [1.29, 1.82) is 0 Å².